The van der Waals surface area contributed by atoms with Crippen LogP contribution in [0.2, 0.25) is 0 Å². The van der Waals surface area contributed by atoms with Crippen LogP contribution >= 0.6 is 0 Å². The predicted octanol–water partition coefficient (Wildman–Crippen LogP) is -0.834. The first-order valence-corrected chi connectivity index (χ1v) is 7.56. The number of methoxy groups -OCH3 is 1. The molecule has 2 heterocycles. The molecule has 3 atom stereocenters. The largest absolute Gasteiger partial charge is 0.361 e. The van der Waals surface area contributed by atoms with Gasteiger partial charge in [-0.25, -0.2) is 0 Å². The molecule has 0 aromatic heterocycles. The van der Waals surface area contributed by atoms with Crippen LogP contribution in [0, 0.1) is 22.7 Å². The van der Waals surface area contributed by atoms with Crippen LogP contribution in [-0.4, -0.2) is 71.6 Å². The number of aliphatic hydroxyl groups excluding tert-OH is 1. The summed E-state index contributed by atoms with van der Waals surface area (Å²) in [5, 5.41) is 26.3. The lowest BCUT2D eigenvalue weighted by atomic mass is 10.2. The molecule has 9 nitrogen and oxygen atoms in total. The molecule has 0 spiro atoms. The first-order valence-electron chi connectivity index (χ1n) is 7.56. The van der Waals surface area contributed by atoms with Gasteiger partial charge in [0.2, 0.25) is 12.6 Å². The van der Waals surface area contributed by atoms with Crippen LogP contribution in [0.4, 0.5) is 0 Å². The van der Waals surface area contributed by atoms with Crippen molar-refractivity contribution >= 4 is 18.1 Å². The molecule has 24 heavy (non-hydrogen) atoms. The van der Waals surface area contributed by atoms with Gasteiger partial charge in [-0.05, 0) is 25.7 Å². The Balaban J connectivity index is 0.000000243. The second-order valence-electron chi connectivity index (χ2n) is 5.34. The predicted molar refractivity (Wildman–Crippen MR) is 79.8 cm³/mol. The number of likely N-dealkylation sites (tertiary alicyclic amines) is 2. The highest BCUT2D eigenvalue weighted by atomic mass is 16.6. The third-order valence-corrected chi connectivity index (χ3v) is 3.91. The van der Waals surface area contributed by atoms with Crippen molar-refractivity contribution < 1.29 is 24.2 Å². The normalized spacial score (nSPS) is 23.5. The van der Waals surface area contributed by atoms with Gasteiger partial charge in [-0.15, -0.1) is 0 Å². The number of hydrogen-bond acceptors (Lipinski definition) is 7. The van der Waals surface area contributed by atoms with Gasteiger partial charge in [0.05, 0.1) is 12.1 Å². The Morgan fingerprint density at radius 2 is 1.67 bits per heavy atom. The van der Waals surface area contributed by atoms with E-state index in [2.05, 4.69) is 4.74 Å². The Hall–Kier alpha value is -2.49. The first-order chi connectivity index (χ1) is 11.5. The maximum atomic E-state index is 11.3. The van der Waals surface area contributed by atoms with E-state index in [-0.39, 0.29) is 12.3 Å². The standard InChI is InChI=1S/C8H12N2O3.C7H8N2O2/c1-13-8(12)7(11)10-4-2-3-6(10)5-9;8-4-6-2-1-3-9(6)7(11)5-10/h6,8,12H,2-4H2,1H3;5-6H,1-3H2. The number of aliphatic hydroxyl groups is 1. The zero-order chi connectivity index (χ0) is 18.1. The minimum Gasteiger partial charge on any atom is -0.361 e. The minimum atomic E-state index is -1.44. The molecular formula is C15H20N4O5. The number of nitrogens with zero attached hydrogens (tertiary/aromatic N) is 4. The highest BCUT2D eigenvalue weighted by Gasteiger charge is 2.32. The van der Waals surface area contributed by atoms with Gasteiger partial charge in [0.25, 0.3) is 11.8 Å². The van der Waals surface area contributed by atoms with Gasteiger partial charge < -0.3 is 19.6 Å². The van der Waals surface area contributed by atoms with Gasteiger partial charge in [0.1, 0.15) is 12.1 Å². The van der Waals surface area contributed by atoms with E-state index < -0.39 is 24.1 Å². The average molecular weight is 336 g/mol. The van der Waals surface area contributed by atoms with E-state index in [9.17, 15) is 14.4 Å². The Bertz CT molecular complexity index is 553. The molecule has 2 saturated heterocycles. The van der Waals surface area contributed by atoms with Gasteiger partial charge >= 0.3 is 0 Å². The Morgan fingerprint density at radius 3 is 2.12 bits per heavy atom. The number of carbonyl (C=O) groups is 3. The number of hydrogen-bond donors (Lipinski definition) is 1. The van der Waals surface area contributed by atoms with Gasteiger partial charge in [-0.2, -0.15) is 10.5 Å². The van der Waals surface area contributed by atoms with E-state index in [4.69, 9.17) is 15.6 Å². The number of amides is 2. The maximum Gasteiger partial charge on any atom is 0.287 e. The zero-order valence-corrected chi connectivity index (χ0v) is 13.4. The van der Waals surface area contributed by atoms with E-state index >= 15 is 0 Å². The maximum absolute atomic E-state index is 11.3. The van der Waals surface area contributed by atoms with Gasteiger partial charge in [0, 0.05) is 20.2 Å². The average Bonchev–Trinajstić information content (AvgIpc) is 3.28. The molecule has 2 aliphatic heterocycles. The smallest absolute Gasteiger partial charge is 0.287 e. The summed E-state index contributed by atoms with van der Waals surface area (Å²) in [6, 6.07) is 3.20. The highest BCUT2D eigenvalue weighted by molar-refractivity contribution is 6.23. The lowest BCUT2D eigenvalue weighted by Gasteiger charge is -2.21. The Kier molecular flexibility index (Phi) is 7.83. The molecule has 0 aromatic rings. The summed E-state index contributed by atoms with van der Waals surface area (Å²) in [4.78, 5) is 34.9. The minimum absolute atomic E-state index is 0.260. The number of ether oxygens (including phenoxy) is 1. The molecule has 0 bridgehead atoms. The van der Waals surface area contributed by atoms with E-state index in [1.807, 2.05) is 12.1 Å². The molecule has 3 unspecified atom stereocenters. The first kappa shape index (κ1) is 19.6. The monoisotopic (exact) mass is 336 g/mol. The molecular weight excluding hydrogens is 316 g/mol. The van der Waals surface area contributed by atoms with Crippen molar-refractivity contribution in [3.05, 3.63) is 0 Å². The number of rotatable bonds is 3. The van der Waals surface area contributed by atoms with Crippen molar-refractivity contribution in [2.45, 2.75) is 44.1 Å². The fourth-order valence-electron chi connectivity index (χ4n) is 2.64. The van der Waals surface area contributed by atoms with E-state index in [0.29, 0.717) is 25.9 Å². The molecule has 1 N–H and O–H groups in total. The summed E-state index contributed by atoms with van der Waals surface area (Å²) in [5.41, 5.74) is 0. The van der Waals surface area contributed by atoms with E-state index in [1.54, 1.807) is 0 Å². The van der Waals surface area contributed by atoms with E-state index in [1.165, 1.54) is 16.9 Å². The van der Waals surface area contributed by atoms with Crippen LogP contribution in [0.5, 0.6) is 0 Å². The van der Waals surface area contributed by atoms with Crippen LogP contribution in [0.25, 0.3) is 0 Å². The summed E-state index contributed by atoms with van der Waals surface area (Å²) < 4.78 is 4.47. The number of aldehydes is 1. The quantitative estimate of drug-likeness (QED) is 0.403. The van der Waals surface area contributed by atoms with Crippen LogP contribution in [0.1, 0.15) is 25.7 Å². The topological polar surface area (TPSA) is 135 Å². The van der Waals surface area contributed by atoms with Crippen molar-refractivity contribution in [2.24, 2.45) is 0 Å². The van der Waals surface area contributed by atoms with Crippen molar-refractivity contribution in [2.75, 3.05) is 20.2 Å². The summed E-state index contributed by atoms with van der Waals surface area (Å²) in [7, 11) is 1.25. The fraction of sp³-hybridized carbons (Fsp3) is 0.667. The van der Waals surface area contributed by atoms with Crippen LogP contribution in [0.15, 0.2) is 0 Å². The highest BCUT2D eigenvalue weighted by Crippen LogP contribution is 2.17. The summed E-state index contributed by atoms with van der Waals surface area (Å²) in [6.07, 6.45) is 1.82. The van der Waals surface area contributed by atoms with Crippen LogP contribution in [-0.2, 0) is 19.1 Å². The summed E-state index contributed by atoms with van der Waals surface area (Å²) in [6.45, 7) is 1.06. The summed E-state index contributed by atoms with van der Waals surface area (Å²) >= 11 is 0. The van der Waals surface area contributed by atoms with Crippen molar-refractivity contribution in [1.82, 2.24) is 9.80 Å². The molecule has 2 amide bonds. The molecule has 2 aliphatic rings. The summed E-state index contributed by atoms with van der Waals surface area (Å²) in [5.74, 6) is -1.10. The second-order valence-corrected chi connectivity index (χ2v) is 5.34. The Labute approximate surface area is 140 Å². The second kappa shape index (κ2) is 9.60. The van der Waals surface area contributed by atoms with Crippen LogP contribution < -0.4 is 0 Å². The number of carbonyl (C=O) groups excluding carboxylic acids is 3. The number of nitriles is 2. The van der Waals surface area contributed by atoms with Crippen molar-refractivity contribution in [3.8, 4) is 12.1 Å². The molecule has 0 aromatic carbocycles. The fourth-order valence-corrected chi connectivity index (χ4v) is 2.64. The van der Waals surface area contributed by atoms with Crippen molar-refractivity contribution in [1.29, 1.82) is 10.5 Å². The Morgan fingerprint density at radius 1 is 1.17 bits per heavy atom. The van der Waals surface area contributed by atoms with Crippen LogP contribution in [0.3, 0.4) is 0 Å². The van der Waals surface area contributed by atoms with E-state index in [0.717, 1.165) is 12.8 Å². The molecule has 9 heteroatoms. The van der Waals surface area contributed by atoms with Gasteiger partial charge in [-0.1, -0.05) is 0 Å². The van der Waals surface area contributed by atoms with Gasteiger partial charge in [0.15, 0.2) is 0 Å². The molecule has 2 fully saturated rings. The zero-order valence-electron chi connectivity index (χ0n) is 13.4. The molecule has 0 radical (unpaired) electrons. The molecule has 0 aliphatic carbocycles. The van der Waals surface area contributed by atoms with Gasteiger partial charge in [-0.3, -0.25) is 14.4 Å². The molecule has 130 valence electrons. The SMILES string of the molecule is COC(O)C(=O)N1CCCC1C#N.N#CC1CCCN1C(=O)C=O. The third kappa shape index (κ3) is 4.75. The lowest BCUT2D eigenvalue weighted by Crippen LogP contribution is -2.42. The molecule has 2 rings (SSSR count). The lowest BCUT2D eigenvalue weighted by molar-refractivity contribution is -0.164. The molecule has 0 saturated carbocycles. The third-order valence-electron chi connectivity index (χ3n) is 3.91. The van der Waals surface area contributed by atoms with Crippen molar-refractivity contribution in [3.63, 3.8) is 0 Å².